The summed E-state index contributed by atoms with van der Waals surface area (Å²) in [6.45, 7) is 4.19. The van der Waals surface area contributed by atoms with Gasteiger partial charge in [0.15, 0.2) is 0 Å². The van der Waals surface area contributed by atoms with Crippen LogP contribution in [0, 0.1) is 12.3 Å². The number of amides is 1. The molecular weight excluding hydrogens is 431 g/mol. The lowest BCUT2D eigenvalue weighted by atomic mass is 10.1. The average molecular weight is 455 g/mol. The number of aromatic amines is 1. The van der Waals surface area contributed by atoms with E-state index in [9.17, 15) is 17.1 Å². The van der Waals surface area contributed by atoms with Crippen molar-refractivity contribution in [2.75, 3.05) is 19.6 Å². The van der Waals surface area contributed by atoms with Crippen molar-refractivity contribution in [1.82, 2.24) is 20.0 Å². The first-order valence-corrected chi connectivity index (χ1v) is 11.6. The Labute approximate surface area is 186 Å². The van der Waals surface area contributed by atoms with Crippen molar-refractivity contribution < 1.29 is 17.1 Å². The summed E-state index contributed by atoms with van der Waals surface area (Å²) in [6, 6.07) is 9.94. The minimum Gasteiger partial charge on any atom is -0.337 e. The number of hydrogen-bond acceptors (Lipinski definition) is 5. The Hall–Kier alpha value is -3.22. The smallest absolute Gasteiger partial charge is 0.332 e. The number of nitrogens with zero attached hydrogens (tertiary/aromatic N) is 3. The summed E-state index contributed by atoms with van der Waals surface area (Å²) in [5.74, 6) is 2.42. The maximum atomic E-state index is 13.5. The first-order chi connectivity index (χ1) is 15.2. The van der Waals surface area contributed by atoms with E-state index in [-0.39, 0.29) is 11.9 Å². The molecule has 1 aliphatic heterocycles. The van der Waals surface area contributed by atoms with Crippen molar-refractivity contribution in [3.63, 3.8) is 0 Å². The van der Waals surface area contributed by atoms with Gasteiger partial charge in [-0.05, 0) is 42.3 Å². The van der Waals surface area contributed by atoms with Crippen molar-refractivity contribution in [3.8, 4) is 12.3 Å². The van der Waals surface area contributed by atoms with E-state index in [1.54, 1.807) is 12.3 Å². The molecule has 32 heavy (non-hydrogen) atoms. The van der Waals surface area contributed by atoms with Gasteiger partial charge < -0.3 is 4.90 Å². The topological polar surface area (TPSA) is 86.4 Å². The lowest BCUT2D eigenvalue weighted by molar-refractivity contribution is -0.135. The van der Waals surface area contributed by atoms with Gasteiger partial charge in [-0.3, -0.25) is 14.8 Å². The second kappa shape index (κ2) is 8.73. The molecule has 166 valence electrons. The van der Waals surface area contributed by atoms with Crippen LogP contribution >= 0.6 is 0 Å². The number of nitrogens with one attached hydrogen (secondary N) is 1. The number of terminal acetylenes is 1. The summed E-state index contributed by atoms with van der Waals surface area (Å²) in [6.07, 6.45) is 7.45. The van der Waals surface area contributed by atoms with Crippen LogP contribution in [0.2, 0.25) is 0 Å². The standard InChI is InChI=1S/C23H23FN4O3S/c1-3-17-8-19(10-21(9-17)32(24,30)31)15-27-6-7-28(16(2)14-27)23(29)12-18-4-5-20-13-25-26-22(20)11-18/h1,4-5,8-11,13,16H,6-7,12,14-15H2,2H3,(H,25,26)/t16-/m0/s1. The Balaban J connectivity index is 1.41. The highest BCUT2D eigenvalue weighted by Gasteiger charge is 2.27. The number of carbonyl (C=O) groups is 1. The monoisotopic (exact) mass is 454 g/mol. The van der Waals surface area contributed by atoms with Gasteiger partial charge in [0, 0.05) is 43.2 Å². The maximum absolute atomic E-state index is 13.5. The molecule has 3 aromatic rings. The molecule has 0 saturated carbocycles. The number of aromatic nitrogens is 2. The van der Waals surface area contributed by atoms with Gasteiger partial charge in [0.05, 0.1) is 18.1 Å². The Morgan fingerprint density at radius 3 is 2.78 bits per heavy atom. The number of rotatable bonds is 5. The van der Waals surface area contributed by atoms with Crippen molar-refractivity contribution in [3.05, 3.63) is 59.3 Å². The zero-order chi connectivity index (χ0) is 22.9. The van der Waals surface area contributed by atoms with Crippen LogP contribution in [0.1, 0.15) is 23.6 Å². The van der Waals surface area contributed by atoms with Gasteiger partial charge >= 0.3 is 10.2 Å². The van der Waals surface area contributed by atoms with E-state index in [1.807, 2.05) is 30.0 Å². The minimum atomic E-state index is -4.84. The third-order valence-electron chi connectivity index (χ3n) is 5.71. The molecule has 2 aromatic carbocycles. The lowest BCUT2D eigenvalue weighted by Crippen LogP contribution is -2.54. The highest BCUT2D eigenvalue weighted by atomic mass is 32.3. The summed E-state index contributed by atoms with van der Waals surface area (Å²) in [5.41, 5.74) is 2.76. The second-order valence-electron chi connectivity index (χ2n) is 8.09. The molecule has 9 heteroatoms. The van der Waals surface area contributed by atoms with Gasteiger partial charge in [-0.1, -0.05) is 18.1 Å². The fourth-order valence-corrected chi connectivity index (χ4v) is 4.71. The van der Waals surface area contributed by atoms with Crippen molar-refractivity contribution >= 4 is 27.0 Å². The summed E-state index contributed by atoms with van der Waals surface area (Å²) in [5, 5.41) is 7.92. The number of piperazine rings is 1. The first kappa shape index (κ1) is 22.0. The summed E-state index contributed by atoms with van der Waals surface area (Å²) in [4.78, 5) is 16.4. The SMILES string of the molecule is C#Cc1cc(CN2CCN(C(=O)Cc3ccc4cn[nH]c4c3)[C@@H](C)C2)cc(S(=O)(=O)F)c1. The van der Waals surface area contributed by atoms with Crippen LogP contribution in [0.3, 0.4) is 0 Å². The molecule has 0 spiro atoms. The van der Waals surface area contributed by atoms with Crippen LogP contribution in [-0.4, -0.2) is 60.0 Å². The van der Waals surface area contributed by atoms with Gasteiger partial charge in [0.25, 0.3) is 0 Å². The average Bonchev–Trinajstić information content (AvgIpc) is 3.20. The first-order valence-electron chi connectivity index (χ1n) is 10.2. The largest absolute Gasteiger partial charge is 0.337 e. The fraction of sp³-hybridized carbons (Fsp3) is 0.304. The maximum Gasteiger partial charge on any atom is 0.332 e. The lowest BCUT2D eigenvalue weighted by Gasteiger charge is -2.40. The van der Waals surface area contributed by atoms with Gasteiger partial charge in [0.2, 0.25) is 5.91 Å². The predicted molar refractivity (Wildman–Crippen MR) is 119 cm³/mol. The van der Waals surface area contributed by atoms with Gasteiger partial charge in [-0.25, -0.2) is 0 Å². The minimum absolute atomic E-state index is 0.0210. The summed E-state index contributed by atoms with van der Waals surface area (Å²) >= 11 is 0. The van der Waals surface area contributed by atoms with E-state index in [0.29, 0.717) is 43.7 Å². The molecule has 1 atom stereocenters. The quantitative estimate of drug-likeness (QED) is 0.473. The van der Waals surface area contributed by atoms with E-state index in [2.05, 4.69) is 21.0 Å². The van der Waals surface area contributed by atoms with Gasteiger partial charge in [-0.15, -0.1) is 10.3 Å². The number of carbonyl (C=O) groups excluding carboxylic acids is 1. The number of H-pyrrole nitrogens is 1. The number of benzene rings is 2. The molecule has 0 bridgehead atoms. The Morgan fingerprint density at radius 2 is 2.06 bits per heavy atom. The van der Waals surface area contributed by atoms with Gasteiger partial charge in [-0.2, -0.15) is 13.5 Å². The Kier molecular flexibility index (Phi) is 6.00. The molecule has 7 nitrogen and oxygen atoms in total. The van der Waals surface area contributed by atoms with Crippen molar-refractivity contribution in [2.24, 2.45) is 0 Å². The molecule has 1 aromatic heterocycles. The van der Waals surface area contributed by atoms with Crippen LogP contribution < -0.4 is 0 Å². The number of hydrogen-bond donors (Lipinski definition) is 1. The van der Waals surface area contributed by atoms with E-state index < -0.39 is 15.1 Å². The zero-order valence-electron chi connectivity index (χ0n) is 17.6. The molecule has 0 radical (unpaired) electrons. The molecule has 1 fully saturated rings. The molecule has 0 unspecified atom stereocenters. The third-order valence-corrected chi connectivity index (χ3v) is 6.51. The fourth-order valence-electron chi connectivity index (χ4n) is 4.15. The van der Waals surface area contributed by atoms with Crippen LogP contribution in [0.4, 0.5) is 3.89 Å². The Morgan fingerprint density at radius 1 is 1.25 bits per heavy atom. The molecule has 2 heterocycles. The van der Waals surface area contributed by atoms with E-state index in [1.165, 1.54) is 6.07 Å². The number of halogens is 1. The molecule has 1 N–H and O–H groups in total. The highest BCUT2D eigenvalue weighted by molar-refractivity contribution is 7.86. The molecule has 1 aliphatic rings. The van der Waals surface area contributed by atoms with Crippen molar-refractivity contribution in [2.45, 2.75) is 30.8 Å². The normalized spacial score (nSPS) is 17.4. The van der Waals surface area contributed by atoms with Crippen LogP contribution in [0.15, 0.2) is 47.5 Å². The van der Waals surface area contributed by atoms with Crippen LogP contribution in [0.25, 0.3) is 10.9 Å². The molecular formula is C23H23FN4O3S. The second-order valence-corrected chi connectivity index (χ2v) is 9.43. The molecule has 1 amide bonds. The molecule has 4 rings (SSSR count). The van der Waals surface area contributed by atoms with Crippen LogP contribution in [0.5, 0.6) is 0 Å². The van der Waals surface area contributed by atoms with Crippen molar-refractivity contribution in [1.29, 1.82) is 0 Å². The zero-order valence-corrected chi connectivity index (χ0v) is 18.4. The molecule has 0 aliphatic carbocycles. The van der Waals surface area contributed by atoms with Gasteiger partial charge in [0.1, 0.15) is 4.90 Å². The highest BCUT2D eigenvalue weighted by Crippen LogP contribution is 2.21. The number of fused-ring (bicyclic) bond motifs is 1. The summed E-state index contributed by atoms with van der Waals surface area (Å²) in [7, 11) is -4.84. The Bertz CT molecular complexity index is 1310. The predicted octanol–water partition coefficient (Wildman–Crippen LogP) is 2.48. The summed E-state index contributed by atoms with van der Waals surface area (Å²) < 4.78 is 36.1. The van der Waals surface area contributed by atoms with E-state index >= 15 is 0 Å². The van der Waals surface area contributed by atoms with E-state index in [0.717, 1.165) is 22.5 Å². The van der Waals surface area contributed by atoms with Crippen LogP contribution in [-0.2, 0) is 28.0 Å². The molecule has 1 saturated heterocycles. The third kappa shape index (κ3) is 4.82. The van der Waals surface area contributed by atoms with E-state index in [4.69, 9.17) is 6.42 Å².